The van der Waals surface area contributed by atoms with E-state index in [1.54, 1.807) is 24.1 Å². The van der Waals surface area contributed by atoms with Crippen LogP contribution in [0.2, 0.25) is 0 Å². The number of nitrogens with one attached hydrogen (secondary N) is 1. The Balaban J connectivity index is 1.76. The lowest BCUT2D eigenvalue weighted by Gasteiger charge is -2.10. The fourth-order valence-electron chi connectivity index (χ4n) is 2.47. The molecular formula is C18H16F3N3O3. The normalized spacial score (nSPS) is 11.6. The van der Waals surface area contributed by atoms with Gasteiger partial charge in [0.1, 0.15) is 5.76 Å². The maximum absolute atomic E-state index is 13.1. The van der Waals surface area contributed by atoms with Crippen molar-refractivity contribution in [3.05, 3.63) is 60.0 Å². The molecule has 2 heterocycles. The quantitative estimate of drug-likeness (QED) is 0.701. The monoisotopic (exact) mass is 379 g/mol. The first-order valence-corrected chi connectivity index (χ1v) is 7.98. The van der Waals surface area contributed by atoms with Crippen molar-refractivity contribution in [3.8, 4) is 11.3 Å². The Labute approximate surface area is 152 Å². The number of methoxy groups -OCH3 is 1. The summed E-state index contributed by atoms with van der Waals surface area (Å²) in [5.74, 6) is -0.473. The van der Waals surface area contributed by atoms with E-state index in [2.05, 4.69) is 10.4 Å². The molecule has 3 aromatic rings. The van der Waals surface area contributed by atoms with E-state index < -0.39 is 17.6 Å². The molecule has 1 aromatic carbocycles. The van der Waals surface area contributed by atoms with Crippen LogP contribution in [0.25, 0.3) is 11.3 Å². The Bertz CT molecular complexity index is 931. The summed E-state index contributed by atoms with van der Waals surface area (Å²) in [4.78, 5) is 12.3. The van der Waals surface area contributed by atoms with Crippen LogP contribution in [0.3, 0.4) is 0 Å². The van der Waals surface area contributed by atoms with Gasteiger partial charge in [-0.25, -0.2) is 0 Å². The number of rotatable bonds is 6. The van der Waals surface area contributed by atoms with E-state index in [0.717, 1.165) is 6.07 Å². The Hall–Kier alpha value is -3.07. The molecule has 3 rings (SSSR count). The molecular weight excluding hydrogens is 363 g/mol. The molecule has 27 heavy (non-hydrogen) atoms. The molecule has 0 spiro atoms. The van der Waals surface area contributed by atoms with Crippen LogP contribution < -0.4 is 5.32 Å². The van der Waals surface area contributed by atoms with Crippen molar-refractivity contribution in [1.82, 2.24) is 9.78 Å². The van der Waals surface area contributed by atoms with Gasteiger partial charge in [-0.05, 0) is 18.2 Å². The van der Waals surface area contributed by atoms with Gasteiger partial charge in [-0.2, -0.15) is 18.3 Å². The maximum Gasteiger partial charge on any atom is 0.417 e. The number of nitrogens with zero attached hydrogens (tertiary/aromatic N) is 2. The summed E-state index contributed by atoms with van der Waals surface area (Å²) in [6, 6.07) is 9.26. The summed E-state index contributed by atoms with van der Waals surface area (Å²) >= 11 is 0. The molecule has 0 saturated carbocycles. The molecule has 0 fully saturated rings. The van der Waals surface area contributed by atoms with Crippen molar-refractivity contribution in [2.75, 3.05) is 19.0 Å². The lowest BCUT2D eigenvalue weighted by Crippen LogP contribution is -2.12. The standard InChI is InChI=1S/C18H16F3N3O3/c1-26-11-10-24-9-8-16(23-24)22-17(25)15-7-6-14(27-15)12-4-2-3-5-13(12)18(19,20)21/h2-9H,10-11H2,1H3,(H,22,23,25). The number of furan rings is 1. The average molecular weight is 379 g/mol. The van der Waals surface area contributed by atoms with Crippen LogP contribution in [0.15, 0.2) is 53.1 Å². The summed E-state index contributed by atoms with van der Waals surface area (Å²) < 4.78 is 51.3. The second-order valence-electron chi connectivity index (χ2n) is 5.62. The van der Waals surface area contributed by atoms with E-state index in [4.69, 9.17) is 9.15 Å². The van der Waals surface area contributed by atoms with Gasteiger partial charge in [-0.1, -0.05) is 18.2 Å². The number of benzene rings is 1. The van der Waals surface area contributed by atoms with Crippen molar-refractivity contribution < 1.29 is 27.1 Å². The number of hydrogen-bond donors (Lipinski definition) is 1. The highest BCUT2D eigenvalue weighted by molar-refractivity contribution is 6.02. The number of anilines is 1. The molecule has 0 saturated heterocycles. The number of halogens is 3. The summed E-state index contributed by atoms with van der Waals surface area (Å²) in [7, 11) is 1.57. The molecule has 0 aliphatic rings. The minimum atomic E-state index is -4.53. The van der Waals surface area contributed by atoms with E-state index in [9.17, 15) is 18.0 Å². The summed E-state index contributed by atoms with van der Waals surface area (Å²) in [6.45, 7) is 0.987. The highest BCUT2D eigenvalue weighted by Crippen LogP contribution is 2.37. The largest absolute Gasteiger partial charge is 0.451 e. The molecule has 0 unspecified atom stereocenters. The number of alkyl halides is 3. The minimum Gasteiger partial charge on any atom is -0.451 e. The number of aromatic nitrogens is 2. The molecule has 1 N–H and O–H groups in total. The van der Waals surface area contributed by atoms with Crippen LogP contribution in [0.4, 0.5) is 19.0 Å². The van der Waals surface area contributed by atoms with Gasteiger partial charge in [0, 0.05) is 24.9 Å². The minimum absolute atomic E-state index is 0.0429. The van der Waals surface area contributed by atoms with Gasteiger partial charge in [0.25, 0.3) is 5.91 Å². The first-order chi connectivity index (χ1) is 12.9. The molecule has 142 valence electrons. The number of amides is 1. The number of ether oxygens (including phenoxy) is 1. The first-order valence-electron chi connectivity index (χ1n) is 7.98. The van der Waals surface area contributed by atoms with E-state index in [-0.39, 0.29) is 17.1 Å². The molecule has 1 amide bonds. The lowest BCUT2D eigenvalue weighted by molar-refractivity contribution is -0.137. The van der Waals surface area contributed by atoms with Crippen LogP contribution in [-0.4, -0.2) is 29.4 Å². The van der Waals surface area contributed by atoms with Crippen LogP contribution in [-0.2, 0) is 17.5 Å². The zero-order valence-electron chi connectivity index (χ0n) is 14.3. The Morgan fingerprint density at radius 2 is 2.00 bits per heavy atom. The van der Waals surface area contributed by atoms with Crippen molar-refractivity contribution >= 4 is 11.7 Å². The topological polar surface area (TPSA) is 69.3 Å². The number of carbonyl (C=O) groups excluding carboxylic acids is 1. The van der Waals surface area contributed by atoms with Gasteiger partial charge >= 0.3 is 6.18 Å². The molecule has 0 radical (unpaired) electrons. The lowest BCUT2D eigenvalue weighted by atomic mass is 10.1. The average Bonchev–Trinajstić information content (AvgIpc) is 3.29. The highest BCUT2D eigenvalue weighted by Gasteiger charge is 2.34. The second kappa shape index (κ2) is 7.67. The van der Waals surface area contributed by atoms with Crippen molar-refractivity contribution in [2.45, 2.75) is 12.7 Å². The smallest absolute Gasteiger partial charge is 0.417 e. The van der Waals surface area contributed by atoms with E-state index >= 15 is 0 Å². The molecule has 0 aliphatic carbocycles. The van der Waals surface area contributed by atoms with Crippen LogP contribution in [0.1, 0.15) is 16.1 Å². The van der Waals surface area contributed by atoms with Gasteiger partial charge in [0.15, 0.2) is 11.6 Å². The van der Waals surface area contributed by atoms with Crippen molar-refractivity contribution in [3.63, 3.8) is 0 Å². The number of carbonyl (C=O) groups is 1. The zero-order chi connectivity index (χ0) is 19.4. The summed E-state index contributed by atoms with van der Waals surface area (Å²) in [5, 5.41) is 6.68. The van der Waals surface area contributed by atoms with Crippen LogP contribution in [0.5, 0.6) is 0 Å². The van der Waals surface area contributed by atoms with Gasteiger partial charge < -0.3 is 14.5 Å². The Morgan fingerprint density at radius 1 is 1.22 bits per heavy atom. The fraction of sp³-hybridized carbons (Fsp3) is 0.222. The SMILES string of the molecule is COCCn1ccc(NC(=O)c2ccc(-c3ccccc3C(F)(F)F)o2)n1. The first kappa shape index (κ1) is 18.7. The molecule has 9 heteroatoms. The third kappa shape index (κ3) is 4.37. The van der Waals surface area contributed by atoms with Crippen molar-refractivity contribution in [1.29, 1.82) is 0 Å². The predicted octanol–water partition coefficient (Wildman–Crippen LogP) is 4.06. The van der Waals surface area contributed by atoms with Crippen LogP contribution in [0, 0.1) is 0 Å². The van der Waals surface area contributed by atoms with Crippen molar-refractivity contribution in [2.24, 2.45) is 0 Å². The van der Waals surface area contributed by atoms with Gasteiger partial charge in [0.05, 0.1) is 18.7 Å². The third-order valence-electron chi connectivity index (χ3n) is 3.73. The predicted molar refractivity (Wildman–Crippen MR) is 91.2 cm³/mol. The maximum atomic E-state index is 13.1. The van der Waals surface area contributed by atoms with Gasteiger partial charge in [-0.3, -0.25) is 9.48 Å². The Morgan fingerprint density at radius 3 is 2.74 bits per heavy atom. The molecule has 0 aliphatic heterocycles. The second-order valence-corrected chi connectivity index (χ2v) is 5.62. The summed E-state index contributed by atoms with van der Waals surface area (Å²) in [5.41, 5.74) is -0.962. The molecule has 0 atom stereocenters. The molecule has 0 bridgehead atoms. The van der Waals surface area contributed by atoms with Crippen LogP contribution >= 0.6 is 0 Å². The summed E-state index contributed by atoms with van der Waals surface area (Å²) in [6.07, 6.45) is -2.86. The van der Waals surface area contributed by atoms with Gasteiger partial charge in [0.2, 0.25) is 0 Å². The Kier molecular flexibility index (Phi) is 5.31. The highest BCUT2D eigenvalue weighted by atomic mass is 19.4. The molecule has 2 aromatic heterocycles. The zero-order valence-corrected chi connectivity index (χ0v) is 14.3. The van der Waals surface area contributed by atoms with Gasteiger partial charge in [-0.15, -0.1) is 0 Å². The van der Waals surface area contributed by atoms with E-state index in [1.165, 1.54) is 30.3 Å². The van der Waals surface area contributed by atoms with E-state index in [0.29, 0.717) is 19.0 Å². The number of hydrogen-bond acceptors (Lipinski definition) is 4. The third-order valence-corrected chi connectivity index (χ3v) is 3.73. The van der Waals surface area contributed by atoms with E-state index in [1.807, 2.05) is 0 Å². The molecule has 6 nitrogen and oxygen atoms in total. The fourth-order valence-corrected chi connectivity index (χ4v) is 2.47.